The number of hydrogen-bond acceptors (Lipinski definition) is 4. The zero-order chi connectivity index (χ0) is 20.5. The zero-order valence-electron chi connectivity index (χ0n) is 15.8. The van der Waals surface area contributed by atoms with Gasteiger partial charge in [0.25, 0.3) is 0 Å². The van der Waals surface area contributed by atoms with E-state index in [1.54, 1.807) is 18.2 Å². The number of carbonyl (C=O) groups excluding carboxylic acids is 3. The van der Waals surface area contributed by atoms with Crippen molar-refractivity contribution in [1.29, 1.82) is 0 Å². The maximum Gasteiger partial charge on any atom is 0.317 e. The van der Waals surface area contributed by atoms with Gasteiger partial charge in [-0.3, -0.25) is 14.9 Å². The van der Waals surface area contributed by atoms with Gasteiger partial charge in [-0.1, -0.05) is 12.1 Å². The molecule has 2 aliphatic rings. The molecule has 2 fully saturated rings. The van der Waals surface area contributed by atoms with E-state index in [1.807, 2.05) is 19.1 Å². The highest BCUT2D eigenvalue weighted by Gasteiger charge is 2.48. The van der Waals surface area contributed by atoms with Crippen LogP contribution in [0, 0.1) is 24.6 Å². The summed E-state index contributed by atoms with van der Waals surface area (Å²) in [5, 5.41) is 5.12. The van der Waals surface area contributed by atoms with Gasteiger partial charge >= 0.3 is 6.03 Å². The third kappa shape index (κ3) is 3.91. The SMILES string of the molecule is Cc1cc(CNC(=O)N2C[C@@H]3C(=O)NC(=O)[C@@H]3C2)ccc1Oc1ccc(F)cc1. The molecule has 2 aromatic carbocycles. The van der Waals surface area contributed by atoms with Gasteiger partial charge in [0, 0.05) is 19.6 Å². The van der Waals surface area contributed by atoms with Crippen molar-refractivity contribution in [3.05, 3.63) is 59.4 Å². The van der Waals surface area contributed by atoms with Gasteiger partial charge in [0.15, 0.2) is 0 Å². The lowest BCUT2D eigenvalue weighted by atomic mass is 10.00. The van der Waals surface area contributed by atoms with E-state index in [1.165, 1.54) is 17.0 Å². The molecular formula is C21H20FN3O4. The number of halogens is 1. The third-order valence-corrected chi connectivity index (χ3v) is 5.25. The summed E-state index contributed by atoms with van der Waals surface area (Å²) in [6, 6.07) is 11.0. The van der Waals surface area contributed by atoms with Gasteiger partial charge in [0.2, 0.25) is 11.8 Å². The number of ether oxygens (including phenoxy) is 1. The fraction of sp³-hybridized carbons (Fsp3) is 0.286. The van der Waals surface area contributed by atoms with Crippen LogP contribution in [0.3, 0.4) is 0 Å². The number of carbonyl (C=O) groups is 3. The highest BCUT2D eigenvalue weighted by atomic mass is 19.1. The minimum atomic E-state index is -0.446. The van der Waals surface area contributed by atoms with E-state index in [2.05, 4.69) is 10.6 Å². The molecule has 7 nitrogen and oxygen atoms in total. The minimum Gasteiger partial charge on any atom is -0.457 e. The summed E-state index contributed by atoms with van der Waals surface area (Å²) in [6.45, 7) is 2.69. The highest BCUT2D eigenvalue weighted by molar-refractivity contribution is 6.06. The van der Waals surface area contributed by atoms with Crippen LogP contribution in [0.2, 0.25) is 0 Å². The Balaban J connectivity index is 1.33. The summed E-state index contributed by atoms with van der Waals surface area (Å²) in [7, 11) is 0. The van der Waals surface area contributed by atoms with Crippen molar-refractivity contribution in [3.63, 3.8) is 0 Å². The maximum absolute atomic E-state index is 13.0. The molecule has 2 aromatic rings. The van der Waals surface area contributed by atoms with Crippen molar-refractivity contribution < 1.29 is 23.5 Å². The summed E-state index contributed by atoms with van der Waals surface area (Å²) in [6.07, 6.45) is 0. The van der Waals surface area contributed by atoms with Gasteiger partial charge in [0.05, 0.1) is 11.8 Å². The van der Waals surface area contributed by atoms with Gasteiger partial charge in [-0.2, -0.15) is 0 Å². The Morgan fingerprint density at radius 3 is 2.41 bits per heavy atom. The van der Waals surface area contributed by atoms with Crippen molar-refractivity contribution in [1.82, 2.24) is 15.5 Å². The first kappa shape index (κ1) is 18.9. The molecule has 0 spiro atoms. The molecule has 2 atom stereocenters. The van der Waals surface area contributed by atoms with Crippen molar-refractivity contribution in [2.75, 3.05) is 13.1 Å². The second-order valence-electron chi connectivity index (χ2n) is 7.29. The van der Waals surface area contributed by atoms with Crippen LogP contribution < -0.4 is 15.4 Å². The van der Waals surface area contributed by atoms with Crippen molar-refractivity contribution in [2.45, 2.75) is 13.5 Å². The van der Waals surface area contributed by atoms with Gasteiger partial charge in [-0.05, 0) is 48.4 Å². The van der Waals surface area contributed by atoms with Gasteiger partial charge < -0.3 is 15.0 Å². The van der Waals surface area contributed by atoms with E-state index in [4.69, 9.17) is 4.74 Å². The van der Waals surface area contributed by atoms with Crippen LogP contribution >= 0.6 is 0 Å². The average Bonchev–Trinajstić information content (AvgIpc) is 3.25. The first-order valence-electron chi connectivity index (χ1n) is 9.31. The first-order valence-corrected chi connectivity index (χ1v) is 9.31. The monoisotopic (exact) mass is 397 g/mol. The van der Waals surface area contributed by atoms with Crippen molar-refractivity contribution in [3.8, 4) is 11.5 Å². The number of benzene rings is 2. The lowest BCUT2D eigenvalue weighted by Gasteiger charge is -2.18. The average molecular weight is 397 g/mol. The van der Waals surface area contributed by atoms with Crippen LogP contribution in [0.4, 0.5) is 9.18 Å². The molecule has 150 valence electrons. The topological polar surface area (TPSA) is 87.7 Å². The van der Waals surface area contributed by atoms with Crippen LogP contribution in [0.5, 0.6) is 11.5 Å². The van der Waals surface area contributed by atoms with Crippen molar-refractivity contribution >= 4 is 17.8 Å². The number of imide groups is 1. The molecule has 2 saturated heterocycles. The molecule has 29 heavy (non-hydrogen) atoms. The normalized spacial score (nSPS) is 20.4. The number of nitrogens with zero attached hydrogens (tertiary/aromatic N) is 1. The molecule has 2 aliphatic heterocycles. The predicted octanol–water partition coefficient (Wildman–Crippen LogP) is 2.34. The Morgan fingerprint density at radius 2 is 1.79 bits per heavy atom. The smallest absolute Gasteiger partial charge is 0.317 e. The number of urea groups is 1. The minimum absolute atomic E-state index is 0.248. The summed E-state index contributed by atoms with van der Waals surface area (Å²) < 4.78 is 18.8. The zero-order valence-corrected chi connectivity index (χ0v) is 15.8. The molecule has 2 heterocycles. The Morgan fingerprint density at radius 1 is 1.14 bits per heavy atom. The number of aryl methyl sites for hydroxylation is 1. The third-order valence-electron chi connectivity index (χ3n) is 5.25. The molecule has 0 saturated carbocycles. The summed E-state index contributed by atoms with van der Waals surface area (Å²) in [4.78, 5) is 37.3. The number of likely N-dealkylation sites (tertiary alicyclic amines) is 1. The van der Waals surface area contributed by atoms with E-state index in [9.17, 15) is 18.8 Å². The van der Waals surface area contributed by atoms with E-state index in [0.29, 0.717) is 18.0 Å². The molecule has 0 aliphatic carbocycles. The lowest BCUT2D eigenvalue weighted by Crippen LogP contribution is -2.41. The molecule has 0 aromatic heterocycles. The number of nitrogens with one attached hydrogen (secondary N) is 2. The second kappa shape index (κ2) is 7.54. The molecule has 0 radical (unpaired) electrons. The standard InChI is InChI=1S/C21H20FN3O4/c1-12-8-13(2-7-18(12)29-15-5-3-14(22)4-6-15)9-23-21(28)25-10-16-17(11-25)20(27)24-19(16)26/h2-8,16-17H,9-11H2,1H3,(H,23,28)(H,24,26,27)/t16-,17+. The quantitative estimate of drug-likeness (QED) is 0.776. The molecular weight excluding hydrogens is 377 g/mol. The largest absolute Gasteiger partial charge is 0.457 e. The molecule has 4 rings (SSSR count). The Kier molecular flexibility index (Phi) is 4.92. The van der Waals surface area contributed by atoms with Crippen LogP contribution in [0.15, 0.2) is 42.5 Å². The maximum atomic E-state index is 13.0. The highest BCUT2D eigenvalue weighted by Crippen LogP contribution is 2.28. The van der Waals surface area contributed by atoms with Gasteiger partial charge in [-0.25, -0.2) is 9.18 Å². The molecule has 8 heteroatoms. The molecule has 0 bridgehead atoms. The van der Waals surface area contributed by atoms with E-state index in [0.717, 1.165) is 11.1 Å². The van der Waals surface area contributed by atoms with Gasteiger partial charge in [-0.15, -0.1) is 0 Å². The van der Waals surface area contributed by atoms with E-state index in [-0.39, 0.29) is 36.8 Å². The second-order valence-corrected chi connectivity index (χ2v) is 7.29. The number of hydrogen-bond donors (Lipinski definition) is 2. The van der Waals surface area contributed by atoms with E-state index < -0.39 is 11.8 Å². The number of fused-ring (bicyclic) bond motifs is 1. The molecule has 4 amide bonds. The Hall–Kier alpha value is -3.42. The number of rotatable bonds is 4. The van der Waals surface area contributed by atoms with Crippen molar-refractivity contribution in [2.24, 2.45) is 11.8 Å². The van der Waals surface area contributed by atoms with Crippen LogP contribution in [-0.4, -0.2) is 35.8 Å². The molecule has 0 unspecified atom stereocenters. The van der Waals surface area contributed by atoms with E-state index >= 15 is 0 Å². The van der Waals surface area contributed by atoms with Crippen LogP contribution in [0.25, 0.3) is 0 Å². The fourth-order valence-electron chi connectivity index (χ4n) is 3.66. The fourth-order valence-corrected chi connectivity index (χ4v) is 3.66. The summed E-state index contributed by atoms with van der Waals surface area (Å²) in [5.74, 6) is -0.647. The Labute approximate surface area is 166 Å². The van der Waals surface area contributed by atoms with Gasteiger partial charge in [0.1, 0.15) is 17.3 Å². The predicted molar refractivity (Wildman–Crippen MR) is 102 cm³/mol. The van der Waals surface area contributed by atoms with Crippen LogP contribution in [0.1, 0.15) is 11.1 Å². The number of amides is 4. The molecule has 2 N–H and O–H groups in total. The summed E-state index contributed by atoms with van der Waals surface area (Å²) >= 11 is 0. The summed E-state index contributed by atoms with van der Waals surface area (Å²) in [5.41, 5.74) is 1.76. The van der Waals surface area contributed by atoms with Crippen LogP contribution in [-0.2, 0) is 16.1 Å². The Bertz CT molecular complexity index is 954. The lowest BCUT2D eigenvalue weighted by molar-refractivity contribution is -0.126. The first-order chi connectivity index (χ1) is 13.9.